The molecule has 0 radical (unpaired) electrons. The third-order valence-corrected chi connectivity index (χ3v) is 3.16. The Balaban J connectivity index is 1.93. The quantitative estimate of drug-likeness (QED) is 0.772. The molecule has 0 saturated carbocycles. The van der Waals surface area contributed by atoms with Gasteiger partial charge in [-0.15, -0.1) is 5.10 Å². The van der Waals surface area contributed by atoms with Gasteiger partial charge in [0.25, 0.3) is 5.91 Å². The van der Waals surface area contributed by atoms with E-state index in [1.165, 1.54) is 11.0 Å². The number of hydrogen-bond acceptors (Lipinski definition) is 5. The second-order valence-corrected chi connectivity index (χ2v) is 4.79. The van der Waals surface area contributed by atoms with Gasteiger partial charge in [0.15, 0.2) is 0 Å². The number of nitrogens with one attached hydrogen (secondary N) is 1. The summed E-state index contributed by atoms with van der Waals surface area (Å²) in [5.74, 6) is -0.00287. The molecule has 2 aromatic heterocycles. The van der Waals surface area contributed by atoms with E-state index in [4.69, 9.17) is 0 Å². The molecule has 1 amide bonds. The maximum atomic E-state index is 12.2. The van der Waals surface area contributed by atoms with Crippen molar-refractivity contribution in [3.63, 3.8) is 0 Å². The lowest BCUT2D eigenvalue weighted by atomic mass is 10.1. The molecular weight excluding hydrogens is 268 g/mol. The van der Waals surface area contributed by atoms with Crippen LogP contribution in [0.25, 0.3) is 11.0 Å². The van der Waals surface area contributed by atoms with Crippen LogP contribution in [0.3, 0.4) is 0 Å². The smallest absolute Gasteiger partial charge is 0.258 e. The lowest BCUT2D eigenvalue weighted by Gasteiger charge is -2.05. The largest absolute Gasteiger partial charge is 0.289 e. The fourth-order valence-corrected chi connectivity index (χ4v) is 1.94. The summed E-state index contributed by atoms with van der Waals surface area (Å²) < 4.78 is 1.52. The number of carbonyl (C=O) groups is 1. The van der Waals surface area contributed by atoms with Crippen LogP contribution in [0.1, 0.15) is 21.7 Å². The van der Waals surface area contributed by atoms with Gasteiger partial charge in [-0.3, -0.25) is 14.8 Å². The molecule has 7 nitrogen and oxygen atoms in total. The number of anilines is 1. The first-order valence-corrected chi connectivity index (χ1v) is 6.45. The average Bonchev–Trinajstić information content (AvgIpc) is 2.85. The number of carbonyl (C=O) groups excluding carboxylic acids is 1. The van der Waals surface area contributed by atoms with Gasteiger partial charge in [0.2, 0.25) is 5.95 Å². The predicted octanol–water partition coefficient (Wildman–Crippen LogP) is 1.63. The SMILES string of the molecule is Cc1nc2ccc(C(=O)Nc3ncn(C)n3)cc2nc1C. The molecule has 7 heteroatoms. The number of benzene rings is 1. The fourth-order valence-electron chi connectivity index (χ4n) is 1.94. The minimum atomic E-state index is -0.275. The number of rotatable bonds is 2. The highest BCUT2D eigenvalue weighted by Gasteiger charge is 2.10. The molecule has 3 aromatic rings. The molecule has 0 unspecified atom stereocenters. The monoisotopic (exact) mass is 282 g/mol. The number of aromatic nitrogens is 5. The summed E-state index contributed by atoms with van der Waals surface area (Å²) in [6.45, 7) is 3.81. The molecule has 1 N–H and O–H groups in total. The van der Waals surface area contributed by atoms with Crippen LogP contribution in [0.15, 0.2) is 24.5 Å². The predicted molar refractivity (Wildman–Crippen MR) is 78.0 cm³/mol. The lowest BCUT2D eigenvalue weighted by molar-refractivity contribution is 0.102. The van der Waals surface area contributed by atoms with E-state index >= 15 is 0 Å². The van der Waals surface area contributed by atoms with E-state index in [1.807, 2.05) is 13.8 Å². The van der Waals surface area contributed by atoms with Crippen molar-refractivity contribution in [3.05, 3.63) is 41.5 Å². The Labute approximate surface area is 121 Å². The average molecular weight is 282 g/mol. The molecule has 3 rings (SSSR count). The highest BCUT2D eigenvalue weighted by Crippen LogP contribution is 2.15. The van der Waals surface area contributed by atoms with Gasteiger partial charge in [-0.1, -0.05) is 0 Å². The fraction of sp³-hybridized carbons (Fsp3) is 0.214. The molecule has 0 saturated heterocycles. The van der Waals surface area contributed by atoms with E-state index in [0.29, 0.717) is 11.1 Å². The Morgan fingerprint density at radius 3 is 2.52 bits per heavy atom. The van der Waals surface area contributed by atoms with Crippen LogP contribution in [0.4, 0.5) is 5.95 Å². The highest BCUT2D eigenvalue weighted by molar-refractivity contribution is 6.05. The van der Waals surface area contributed by atoms with Crippen molar-refractivity contribution in [1.82, 2.24) is 24.7 Å². The summed E-state index contributed by atoms with van der Waals surface area (Å²) in [6.07, 6.45) is 1.52. The van der Waals surface area contributed by atoms with Gasteiger partial charge in [0.05, 0.1) is 22.4 Å². The Hall–Kier alpha value is -2.83. The van der Waals surface area contributed by atoms with E-state index in [2.05, 4.69) is 25.4 Å². The Bertz CT molecular complexity index is 839. The van der Waals surface area contributed by atoms with Crippen LogP contribution in [0.5, 0.6) is 0 Å². The number of amides is 1. The van der Waals surface area contributed by atoms with Crippen molar-refractivity contribution in [3.8, 4) is 0 Å². The third-order valence-electron chi connectivity index (χ3n) is 3.16. The first-order chi connectivity index (χ1) is 10.0. The van der Waals surface area contributed by atoms with Gasteiger partial charge < -0.3 is 0 Å². The summed E-state index contributed by atoms with van der Waals surface area (Å²) in [6, 6.07) is 5.21. The minimum Gasteiger partial charge on any atom is -0.289 e. The first kappa shape index (κ1) is 13.2. The third kappa shape index (κ3) is 2.58. The van der Waals surface area contributed by atoms with Crippen molar-refractivity contribution in [2.75, 3.05) is 5.32 Å². The van der Waals surface area contributed by atoms with Crippen molar-refractivity contribution in [1.29, 1.82) is 0 Å². The lowest BCUT2D eigenvalue weighted by Crippen LogP contribution is -2.13. The molecule has 21 heavy (non-hydrogen) atoms. The second kappa shape index (κ2) is 4.93. The van der Waals surface area contributed by atoms with E-state index in [0.717, 1.165) is 16.9 Å². The normalized spacial score (nSPS) is 10.8. The van der Waals surface area contributed by atoms with Crippen molar-refractivity contribution in [2.24, 2.45) is 7.05 Å². The zero-order chi connectivity index (χ0) is 15.0. The summed E-state index contributed by atoms with van der Waals surface area (Å²) >= 11 is 0. The van der Waals surface area contributed by atoms with E-state index in [1.54, 1.807) is 25.2 Å². The van der Waals surface area contributed by atoms with Crippen molar-refractivity contribution in [2.45, 2.75) is 13.8 Å². The summed E-state index contributed by atoms with van der Waals surface area (Å²) in [5, 5.41) is 6.65. The molecule has 1 aromatic carbocycles. The Morgan fingerprint density at radius 2 is 1.86 bits per heavy atom. The molecule has 0 atom stereocenters. The number of fused-ring (bicyclic) bond motifs is 1. The maximum absolute atomic E-state index is 12.2. The van der Waals surface area contributed by atoms with Crippen LogP contribution >= 0.6 is 0 Å². The second-order valence-electron chi connectivity index (χ2n) is 4.79. The summed E-state index contributed by atoms with van der Waals surface area (Å²) in [4.78, 5) is 25.0. The number of aryl methyl sites for hydroxylation is 3. The molecule has 0 fully saturated rings. The molecule has 0 spiro atoms. The van der Waals surface area contributed by atoms with Crippen LogP contribution in [-0.2, 0) is 7.05 Å². The molecule has 0 aliphatic carbocycles. The van der Waals surface area contributed by atoms with Gasteiger partial charge >= 0.3 is 0 Å². The van der Waals surface area contributed by atoms with Gasteiger partial charge in [-0.05, 0) is 32.0 Å². The molecule has 0 aliphatic rings. The molecular formula is C14H14N6O. The zero-order valence-electron chi connectivity index (χ0n) is 12.0. The standard InChI is InChI=1S/C14H14N6O/c1-8-9(2)17-12-6-10(4-5-11(12)16-8)13(21)18-14-15-7-20(3)19-14/h4-7H,1-3H3,(H,18,19,21). The number of hydrogen-bond donors (Lipinski definition) is 1. The van der Waals surface area contributed by atoms with Gasteiger partial charge in [0.1, 0.15) is 6.33 Å². The van der Waals surface area contributed by atoms with Crippen molar-refractivity contribution < 1.29 is 4.79 Å². The molecule has 0 aliphatic heterocycles. The van der Waals surface area contributed by atoms with Crippen LogP contribution in [-0.4, -0.2) is 30.6 Å². The van der Waals surface area contributed by atoms with E-state index in [9.17, 15) is 4.79 Å². The first-order valence-electron chi connectivity index (χ1n) is 6.45. The zero-order valence-corrected chi connectivity index (χ0v) is 12.0. The summed E-state index contributed by atoms with van der Waals surface area (Å²) in [5.41, 5.74) is 3.70. The van der Waals surface area contributed by atoms with Crippen LogP contribution in [0.2, 0.25) is 0 Å². The van der Waals surface area contributed by atoms with Gasteiger partial charge in [-0.25, -0.2) is 15.0 Å². The number of nitrogens with zero attached hydrogens (tertiary/aromatic N) is 5. The van der Waals surface area contributed by atoms with E-state index in [-0.39, 0.29) is 11.9 Å². The van der Waals surface area contributed by atoms with Crippen molar-refractivity contribution >= 4 is 22.9 Å². The maximum Gasteiger partial charge on any atom is 0.258 e. The Morgan fingerprint density at radius 1 is 1.14 bits per heavy atom. The topological polar surface area (TPSA) is 85.6 Å². The summed E-state index contributed by atoms with van der Waals surface area (Å²) in [7, 11) is 1.74. The van der Waals surface area contributed by atoms with E-state index < -0.39 is 0 Å². The Kier molecular flexibility index (Phi) is 3.09. The molecule has 2 heterocycles. The van der Waals surface area contributed by atoms with Gasteiger partial charge in [-0.2, -0.15) is 0 Å². The van der Waals surface area contributed by atoms with Crippen LogP contribution < -0.4 is 5.32 Å². The molecule has 106 valence electrons. The molecule has 0 bridgehead atoms. The van der Waals surface area contributed by atoms with Gasteiger partial charge in [0, 0.05) is 12.6 Å². The van der Waals surface area contributed by atoms with Crippen LogP contribution in [0, 0.1) is 13.8 Å². The minimum absolute atomic E-state index is 0.272. The highest BCUT2D eigenvalue weighted by atomic mass is 16.1.